The lowest BCUT2D eigenvalue weighted by Crippen LogP contribution is -2.41. The van der Waals surface area contributed by atoms with Gasteiger partial charge in [0, 0.05) is 19.0 Å². The van der Waals surface area contributed by atoms with Crippen LogP contribution in [0.15, 0.2) is 29.4 Å². The van der Waals surface area contributed by atoms with Gasteiger partial charge in [0.1, 0.15) is 10.9 Å². The average Bonchev–Trinajstić information content (AvgIpc) is 3.21. The van der Waals surface area contributed by atoms with E-state index in [2.05, 4.69) is 5.10 Å². The number of amides is 1. The van der Waals surface area contributed by atoms with Gasteiger partial charge in [-0.05, 0) is 37.5 Å². The molecule has 0 saturated carbocycles. The van der Waals surface area contributed by atoms with E-state index in [9.17, 15) is 14.9 Å². The molecule has 2 saturated heterocycles. The maximum Gasteiger partial charge on any atom is 0.422 e. The number of ether oxygens (including phenoxy) is 2. The molecule has 0 radical (unpaired) electrons. The number of benzene rings is 1. The van der Waals surface area contributed by atoms with Crippen molar-refractivity contribution in [2.45, 2.75) is 32.8 Å². The third kappa shape index (κ3) is 4.73. The number of carbonyl (C=O) groups is 1. The van der Waals surface area contributed by atoms with Gasteiger partial charge in [-0.25, -0.2) is 19.8 Å². The second-order valence-electron chi connectivity index (χ2n) is 6.85. The van der Waals surface area contributed by atoms with Gasteiger partial charge in [-0.1, -0.05) is 19.1 Å². The zero-order chi connectivity index (χ0) is 19.4. The van der Waals surface area contributed by atoms with Crippen LogP contribution >= 0.6 is 0 Å². The predicted molar refractivity (Wildman–Crippen MR) is 98.1 cm³/mol. The van der Waals surface area contributed by atoms with Gasteiger partial charge in [-0.2, -0.15) is 0 Å². The minimum atomic E-state index is -0.778. The molecule has 9 heteroatoms. The third-order valence-electron chi connectivity index (χ3n) is 4.78. The molecule has 0 spiro atoms. The number of aryl methyl sites for hydroxylation is 1. The standard InChI is InChI=1S/C18H24N4O5/c1-3-14-5-4-6-16(10-14)27-18(23)21-8-7-20(17(21)19-22(24)25)11-15-9-13(2)26-12-15/h4-6,10,13,15H,3,7-9,11-12H2,1-2H3. The van der Waals surface area contributed by atoms with Crippen molar-refractivity contribution in [2.24, 2.45) is 11.0 Å². The minimum absolute atomic E-state index is 0.0243. The number of hydrogen-bond donors (Lipinski definition) is 0. The fourth-order valence-corrected chi connectivity index (χ4v) is 3.46. The van der Waals surface area contributed by atoms with Gasteiger partial charge in [-0.3, -0.25) is 0 Å². The monoisotopic (exact) mass is 376 g/mol. The Morgan fingerprint density at radius 3 is 2.93 bits per heavy atom. The Labute approximate surface area is 157 Å². The molecule has 0 bridgehead atoms. The highest BCUT2D eigenvalue weighted by Crippen LogP contribution is 2.23. The van der Waals surface area contributed by atoms with E-state index >= 15 is 0 Å². The fraction of sp³-hybridized carbons (Fsp3) is 0.556. The number of guanidine groups is 1. The summed E-state index contributed by atoms with van der Waals surface area (Å²) in [5.41, 5.74) is 1.04. The summed E-state index contributed by atoms with van der Waals surface area (Å²) >= 11 is 0. The first kappa shape index (κ1) is 19.1. The van der Waals surface area contributed by atoms with Gasteiger partial charge in [0.2, 0.25) is 0 Å². The van der Waals surface area contributed by atoms with E-state index in [0.717, 1.165) is 18.4 Å². The summed E-state index contributed by atoms with van der Waals surface area (Å²) in [6.45, 7) is 5.95. The molecule has 1 aromatic rings. The average molecular weight is 376 g/mol. The summed E-state index contributed by atoms with van der Waals surface area (Å²) in [6.07, 6.45) is 1.22. The molecule has 27 heavy (non-hydrogen) atoms. The second kappa shape index (κ2) is 8.34. The molecule has 2 aliphatic rings. The summed E-state index contributed by atoms with van der Waals surface area (Å²) in [7, 11) is 0. The number of hydrogen-bond acceptors (Lipinski definition) is 5. The quantitative estimate of drug-likeness (QED) is 0.578. The lowest BCUT2D eigenvalue weighted by atomic mass is 10.1. The number of nitro groups is 1. The van der Waals surface area contributed by atoms with E-state index < -0.39 is 11.1 Å². The summed E-state index contributed by atoms with van der Waals surface area (Å²) in [4.78, 5) is 26.6. The van der Waals surface area contributed by atoms with Crippen molar-refractivity contribution in [2.75, 3.05) is 26.2 Å². The van der Waals surface area contributed by atoms with E-state index in [4.69, 9.17) is 9.47 Å². The Bertz CT molecular complexity index is 738. The predicted octanol–water partition coefficient (Wildman–Crippen LogP) is 2.34. The van der Waals surface area contributed by atoms with Crippen molar-refractivity contribution in [3.63, 3.8) is 0 Å². The van der Waals surface area contributed by atoms with Crippen LogP contribution in [0.1, 0.15) is 25.8 Å². The molecule has 0 aliphatic carbocycles. The first-order chi connectivity index (χ1) is 13.0. The third-order valence-corrected chi connectivity index (χ3v) is 4.78. The number of hydrazone groups is 1. The van der Waals surface area contributed by atoms with E-state index in [0.29, 0.717) is 32.0 Å². The van der Waals surface area contributed by atoms with Gasteiger partial charge in [0.05, 0.1) is 19.3 Å². The lowest BCUT2D eigenvalue weighted by molar-refractivity contribution is -0.486. The largest absolute Gasteiger partial charge is 0.422 e. The van der Waals surface area contributed by atoms with Crippen molar-refractivity contribution in [1.29, 1.82) is 0 Å². The molecule has 146 valence electrons. The Hall–Kier alpha value is -2.68. The molecule has 3 rings (SSSR count). The van der Waals surface area contributed by atoms with E-state index in [1.54, 1.807) is 17.0 Å². The van der Waals surface area contributed by atoms with Crippen LogP contribution in [-0.2, 0) is 11.2 Å². The summed E-state index contributed by atoms with van der Waals surface area (Å²) < 4.78 is 11.0. The molecule has 1 amide bonds. The van der Waals surface area contributed by atoms with Crippen LogP contribution in [0.5, 0.6) is 5.75 Å². The Kier molecular flexibility index (Phi) is 5.90. The summed E-state index contributed by atoms with van der Waals surface area (Å²) in [5, 5.41) is 13.7. The fourth-order valence-electron chi connectivity index (χ4n) is 3.46. The first-order valence-electron chi connectivity index (χ1n) is 9.14. The van der Waals surface area contributed by atoms with Crippen molar-refractivity contribution >= 4 is 12.1 Å². The van der Waals surface area contributed by atoms with Crippen LogP contribution in [0, 0.1) is 16.0 Å². The van der Waals surface area contributed by atoms with E-state index in [1.165, 1.54) is 4.90 Å². The van der Waals surface area contributed by atoms with Gasteiger partial charge in [-0.15, -0.1) is 0 Å². The van der Waals surface area contributed by atoms with Crippen LogP contribution in [0.2, 0.25) is 0 Å². The van der Waals surface area contributed by atoms with Crippen molar-refractivity contribution in [1.82, 2.24) is 9.80 Å². The van der Waals surface area contributed by atoms with Crippen molar-refractivity contribution < 1.29 is 19.3 Å². The topological polar surface area (TPSA) is 97.5 Å². The molecule has 2 aliphatic heterocycles. The van der Waals surface area contributed by atoms with E-state index in [1.807, 2.05) is 26.0 Å². The molecule has 2 heterocycles. The molecule has 0 aromatic heterocycles. The molecule has 2 fully saturated rings. The molecule has 0 N–H and O–H groups in total. The smallest absolute Gasteiger partial charge is 0.410 e. The normalized spacial score (nSPS) is 23.9. The van der Waals surface area contributed by atoms with Crippen LogP contribution in [0.4, 0.5) is 4.79 Å². The Morgan fingerprint density at radius 2 is 2.26 bits per heavy atom. The zero-order valence-electron chi connectivity index (χ0n) is 15.5. The van der Waals surface area contributed by atoms with Crippen LogP contribution in [0.25, 0.3) is 0 Å². The Morgan fingerprint density at radius 1 is 1.44 bits per heavy atom. The van der Waals surface area contributed by atoms with Gasteiger partial charge in [0.25, 0.3) is 5.96 Å². The maximum absolute atomic E-state index is 12.6. The Balaban J connectivity index is 1.71. The van der Waals surface area contributed by atoms with Crippen LogP contribution < -0.4 is 4.74 Å². The van der Waals surface area contributed by atoms with Crippen LogP contribution in [-0.4, -0.2) is 59.2 Å². The molecular formula is C18H24N4O5. The molecular weight excluding hydrogens is 352 g/mol. The summed E-state index contributed by atoms with van der Waals surface area (Å²) in [5.74, 6) is 0.696. The molecule has 9 nitrogen and oxygen atoms in total. The molecule has 2 unspecified atom stereocenters. The number of carbonyl (C=O) groups excluding carboxylic acids is 1. The summed E-state index contributed by atoms with van der Waals surface area (Å²) in [6, 6.07) is 7.23. The molecule has 2 atom stereocenters. The van der Waals surface area contributed by atoms with Gasteiger partial charge >= 0.3 is 6.09 Å². The zero-order valence-corrected chi connectivity index (χ0v) is 15.5. The van der Waals surface area contributed by atoms with Gasteiger partial charge in [0.15, 0.2) is 5.03 Å². The maximum atomic E-state index is 12.6. The highest BCUT2D eigenvalue weighted by atomic mass is 16.7. The van der Waals surface area contributed by atoms with Crippen molar-refractivity contribution in [3.05, 3.63) is 39.9 Å². The van der Waals surface area contributed by atoms with E-state index in [-0.39, 0.29) is 18.0 Å². The van der Waals surface area contributed by atoms with Gasteiger partial charge < -0.3 is 14.4 Å². The highest BCUT2D eigenvalue weighted by molar-refractivity contribution is 5.96. The lowest BCUT2D eigenvalue weighted by Gasteiger charge is -2.21. The first-order valence-corrected chi connectivity index (χ1v) is 9.14. The second-order valence-corrected chi connectivity index (χ2v) is 6.85. The SMILES string of the molecule is CCc1cccc(OC(=O)N2CCN(CC3COC(C)C3)C2=N[N+](=O)[O-])c1. The number of nitrogens with zero attached hydrogens (tertiary/aromatic N) is 4. The van der Waals surface area contributed by atoms with Crippen molar-refractivity contribution in [3.8, 4) is 5.75 Å². The molecule has 1 aromatic carbocycles. The highest BCUT2D eigenvalue weighted by Gasteiger charge is 2.37. The van der Waals surface area contributed by atoms with Crippen LogP contribution in [0.3, 0.4) is 0 Å². The number of rotatable bonds is 5. The minimum Gasteiger partial charge on any atom is -0.410 e.